The lowest BCUT2D eigenvalue weighted by atomic mass is 10.1. The summed E-state index contributed by atoms with van der Waals surface area (Å²) in [5, 5.41) is 7.44. The number of rotatable bonds is 7. The van der Waals surface area contributed by atoms with Gasteiger partial charge in [0.15, 0.2) is 0 Å². The summed E-state index contributed by atoms with van der Waals surface area (Å²) in [5.74, 6) is 0.839. The van der Waals surface area contributed by atoms with Crippen molar-refractivity contribution in [2.24, 2.45) is 0 Å². The van der Waals surface area contributed by atoms with Crippen molar-refractivity contribution in [2.45, 2.75) is 24.1 Å². The molecule has 0 saturated carbocycles. The van der Waals surface area contributed by atoms with E-state index in [1.807, 2.05) is 19.1 Å². The highest BCUT2D eigenvalue weighted by molar-refractivity contribution is 7.98. The van der Waals surface area contributed by atoms with E-state index >= 15 is 0 Å². The molecule has 1 N–H and O–H groups in total. The molecule has 0 fully saturated rings. The first kappa shape index (κ1) is 18.1. The molecule has 1 amide bonds. The largest absolute Gasteiger partial charge is 0.361 e. The third-order valence-corrected chi connectivity index (χ3v) is 4.68. The van der Waals surface area contributed by atoms with Gasteiger partial charge in [0.1, 0.15) is 16.6 Å². The van der Waals surface area contributed by atoms with Gasteiger partial charge >= 0.3 is 0 Å². The molecule has 3 rings (SSSR count). The minimum atomic E-state index is -0.275. The Labute approximate surface area is 155 Å². The van der Waals surface area contributed by atoms with Crippen LogP contribution in [0.4, 0.5) is 4.39 Å². The second-order valence-electron chi connectivity index (χ2n) is 5.71. The second kappa shape index (κ2) is 8.62. The number of thioether (sulfide) groups is 1. The zero-order valence-electron chi connectivity index (χ0n) is 14.2. The third-order valence-electron chi connectivity index (χ3n) is 3.64. The topological polar surface area (TPSA) is 68.0 Å². The molecule has 5 nitrogen and oxygen atoms in total. The van der Waals surface area contributed by atoms with Crippen LogP contribution in [-0.4, -0.2) is 22.6 Å². The van der Waals surface area contributed by atoms with E-state index in [0.29, 0.717) is 29.3 Å². The Kier molecular flexibility index (Phi) is 6.01. The van der Waals surface area contributed by atoms with Gasteiger partial charge in [0.2, 0.25) is 0 Å². The summed E-state index contributed by atoms with van der Waals surface area (Å²) in [7, 11) is 0. The van der Waals surface area contributed by atoms with E-state index in [1.54, 1.807) is 24.4 Å². The van der Waals surface area contributed by atoms with Crippen molar-refractivity contribution < 1.29 is 13.7 Å². The van der Waals surface area contributed by atoms with Gasteiger partial charge in [0, 0.05) is 24.6 Å². The van der Waals surface area contributed by atoms with Gasteiger partial charge in [-0.05, 0) is 43.2 Å². The molecule has 0 aliphatic heterocycles. The van der Waals surface area contributed by atoms with Crippen LogP contribution in [0.5, 0.6) is 0 Å². The monoisotopic (exact) mass is 371 g/mol. The number of hydrogen-bond donors (Lipinski definition) is 1. The zero-order valence-corrected chi connectivity index (χ0v) is 15.1. The Balaban J connectivity index is 1.58. The van der Waals surface area contributed by atoms with Crippen LogP contribution in [0.2, 0.25) is 0 Å². The van der Waals surface area contributed by atoms with Gasteiger partial charge in [0.05, 0.1) is 11.3 Å². The van der Waals surface area contributed by atoms with E-state index in [0.717, 1.165) is 17.0 Å². The Bertz CT molecular complexity index is 898. The van der Waals surface area contributed by atoms with E-state index in [-0.39, 0.29) is 11.7 Å². The number of halogens is 1. The summed E-state index contributed by atoms with van der Waals surface area (Å²) in [4.78, 5) is 16.8. The minimum absolute atomic E-state index is 0.201. The predicted octanol–water partition coefficient (Wildman–Crippen LogP) is 3.78. The Morgan fingerprint density at radius 3 is 2.92 bits per heavy atom. The van der Waals surface area contributed by atoms with Crippen molar-refractivity contribution in [2.75, 3.05) is 6.54 Å². The van der Waals surface area contributed by atoms with Gasteiger partial charge in [-0.3, -0.25) is 4.79 Å². The second-order valence-corrected chi connectivity index (χ2v) is 6.67. The maximum Gasteiger partial charge on any atom is 0.254 e. The van der Waals surface area contributed by atoms with Crippen LogP contribution in [0, 0.1) is 12.7 Å². The highest BCUT2D eigenvalue weighted by Gasteiger charge is 2.13. The SMILES string of the molecule is Cc1cc(CSc2ncccc2C(=O)NCCc2cccc(F)c2)no1. The minimum Gasteiger partial charge on any atom is -0.361 e. The molecule has 134 valence electrons. The summed E-state index contributed by atoms with van der Waals surface area (Å²) in [5.41, 5.74) is 2.15. The molecule has 26 heavy (non-hydrogen) atoms. The number of aryl methyl sites for hydroxylation is 1. The lowest BCUT2D eigenvalue weighted by Gasteiger charge is -2.09. The van der Waals surface area contributed by atoms with E-state index in [4.69, 9.17) is 4.52 Å². The molecule has 0 saturated heterocycles. The Morgan fingerprint density at radius 1 is 1.27 bits per heavy atom. The van der Waals surface area contributed by atoms with Gasteiger partial charge in [-0.15, -0.1) is 0 Å². The molecule has 1 aromatic carbocycles. The summed E-state index contributed by atoms with van der Waals surface area (Å²) in [6.07, 6.45) is 2.21. The number of hydrogen-bond acceptors (Lipinski definition) is 5. The fourth-order valence-corrected chi connectivity index (χ4v) is 3.29. The number of benzene rings is 1. The van der Waals surface area contributed by atoms with Crippen LogP contribution in [-0.2, 0) is 12.2 Å². The average Bonchev–Trinajstić information content (AvgIpc) is 3.05. The van der Waals surface area contributed by atoms with Crippen molar-refractivity contribution in [3.8, 4) is 0 Å². The summed E-state index contributed by atoms with van der Waals surface area (Å²) < 4.78 is 18.2. The van der Waals surface area contributed by atoms with Gasteiger partial charge in [-0.25, -0.2) is 9.37 Å². The first-order valence-corrected chi connectivity index (χ1v) is 9.13. The maximum atomic E-state index is 13.2. The zero-order chi connectivity index (χ0) is 18.4. The van der Waals surface area contributed by atoms with Crippen molar-refractivity contribution in [1.82, 2.24) is 15.5 Å². The van der Waals surface area contributed by atoms with E-state index in [1.165, 1.54) is 23.9 Å². The first-order valence-electron chi connectivity index (χ1n) is 8.14. The van der Waals surface area contributed by atoms with Crippen molar-refractivity contribution in [3.05, 3.63) is 77.1 Å². The van der Waals surface area contributed by atoms with Crippen LogP contribution in [0.3, 0.4) is 0 Å². The summed E-state index contributed by atoms with van der Waals surface area (Å²) in [6.45, 7) is 2.25. The number of aromatic nitrogens is 2. The highest BCUT2D eigenvalue weighted by Crippen LogP contribution is 2.24. The molecule has 0 unspecified atom stereocenters. The lowest BCUT2D eigenvalue weighted by molar-refractivity contribution is 0.0950. The molecule has 2 heterocycles. The molecule has 0 atom stereocenters. The van der Waals surface area contributed by atoms with Crippen LogP contribution in [0.25, 0.3) is 0 Å². The van der Waals surface area contributed by atoms with Crippen LogP contribution in [0.15, 0.2) is 58.2 Å². The standard InChI is InChI=1S/C19H18FN3O2S/c1-13-10-16(23-25-13)12-26-19-17(6-3-8-22-19)18(24)21-9-7-14-4-2-5-15(20)11-14/h2-6,8,10-11H,7,9,12H2,1H3,(H,21,24). The van der Waals surface area contributed by atoms with Crippen molar-refractivity contribution in [1.29, 1.82) is 0 Å². The molecule has 0 aliphatic carbocycles. The first-order chi connectivity index (χ1) is 12.6. The third kappa shape index (κ3) is 4.92. The van der Waals surface area contributed by atoms with Crippen LogP contribution in [0.1, 0.15) is 27.4 Å². The summed E-state index contributed by atoms with van der Waals surface area (Å²) >= 11 is 1.43. The van der Waals surface area contributed by atoms with Gasteiger partial charge in [-0.1, -0.05) is 29.1 Å². The molecule has 2 aromatic heterocycles. The number of amides is 1. The number of carbonyl (C=O) groups excluding carboxylic acids is 1. The lowest BCUT2D eigenvalue weighted by Crippen LogP contribution is -2.26. The van der Waals surface area contributed by atoms with Crippen molar-refractivity contribution >= 4 is 17.7 Å². The van der Waals surface area contributed by atoms with Crippen molar-refractivity contribution in [3.63, 3.8) is 0 Å². The fourth-order valence-electron chi connectivity index (χ4n) is 2.41. The Morgan fingerprint density at radius 2 is 2.15 bits per heavy atom. The summed E-state index contributed by atoms with van der Waals surface area (Å²) in [6, 6.07) is 11.7. The van der Waals surface area contributed by atoms with E-state index in [2.05, 4.69) is 15.5 Å². The predicted molar refractivity (Wildman–Crippen MR) is 97.5 cm³/mol. The van der Waals surface area contributed by atoms with E-state index in [9.17, 15) is 9.18 Å². The Hall–Kier alpha value is -2.67. The van der Waals surface area contributed by atoms with E-state index < -0.39 is 0 Å². The van der Waals surface area contributed by atoms with Gasteiger partial charge in [0.25, 0.3) is 5.91 Å². The van der Waals surface area contributed by atoms with Crippen LogP contribution >= 0.6 is 11.8 Å². The average molecular weight is 371 g/mol. The molecule has 0 radical (unpaired) electrons. The number of carbonyl (C=O) groups is 1. The maximum absolute atomic E-state index is 13.2. The molecular formula is C19H18FN3O2S. The number of nitrogens with one attached hydrogen (secondary N) is 1. The number of pyridine rings is 1. The van der Waals surface area contributed by atoms with Gasteiger partial charge in [-0.2, -0.15) is 0 Å². The van der Waals surface area contributed by atoms with Crippen LogP contribution < -0.4 is 5.32 Å². The molecule has 0 aliphatic rings. The molecule has 0 bridgehead atoms. The molecule has 3 aromatic rings. The highest BCUT2D eigenvalue weighted by atomic mass is 32.2. The quantitative estimate of drug-likeness (QED) is 0.640. The van der Waals surface area contributed by atoms with Gasteiger partial charge < -0.3 is 9.84 Å². The fraction of sp³-hybridized carbons (Fsp3) is 0.211. The number of nitrogens with zero attached hydrogens (tertiary/aromatic N) is 2. The molecular weight excluding hydrogens is 353 g/mol. The smallest absolute Gasteiger partial charge is 0.254 e. The molecule has 0 spiro atoms. The normalized spacial score (nSPS) is 10.7. The molecule has 7 heteroatoms.